The van der Waals surface area contributed by atoms with Crippen LogP contribution in [0.25, 0.3) is 10.8 Å². The molecule has 0 amide bonds. The molecule has 19 heavy (non-hydrogen) atoms. The van der Waals surface area contributed by atoms with Gasteiger partial charge in [-0.3, -0.25) is 4.98 Å². The van der Waals surface area contributed by atoms with Crippen molar-refractivity contribution in [3.8, 4) is 11.6 Å². The van der Waals surface area contributed by atoms with Crippen molar-refractivity contribution in [1.82, 2.24) is 9.97 Å². The van der Waals surface area contributed by atoms with E-state index < -0.39 is 0 Å². The monoisotopic (exact) mass is 270 g/mol. The molecule has 0 radical (unpaired) electrons. The van der Waals surface area contributed by atoms with E-state index >= 15 is 0 Å². The highest BCUT2D eigenvalue weighted by molar-refractivity contribution is 6.18. The molecule has 0 aliphatic carbocycles. The topological polar surface area (TPSA) is 35.0 Å². The molecular weight excluding hydrogens is 260 g/mol. The van der Waals surface area contributed by atoms with E-state index in [1.165, 1.54) is 0 Å². The van der Waals surface area contributed by atoms with Gasteiger partial charge in [0.15, 0.2) is 0 Å². The van der Waals surface area contributed by atoms with Crippen LogP contribution in [0.5, 0.6) is 11.6 Å². The molecule has 94 valence electrons. The largest absolute Gasteiger partial charge is 0.437 e. The highest BCUT2D eigenvalue weighted by Crippen LogP contribution is 2.29. The van der Waals surface area contributed by atoms with Crippen molar-refractivity contribution in [3.05, 3.63) is 60.6 Å². The third-order valence-corrected chi connectivity index (χ3v) is 3.12. The summed E-state index contributed by atoms with van der Waals surface area (Å²) in [4.78, 5) is 8.36. The first kappa shape index (κ1) is 11.9. The van der Waals surface area contributed by atoms with Gasteiger partial charge in [0, 0.05) is 23.7 Å². The molecule has 3 rings (SSSR count). The van der Waals surface area contributed by atoms with E-state index in [9.17, 15) is 0 Å². The molecule has 0 aliphatic heterocycles. The van der Waals surface area contributed by atoms with Crippen LogP contribution in [0.3, 0.4) is 0 Å². The first-order valence-electron chi connectivity index (χ1n) is 5.89. The SMILES string of the molecule is ClCc1cnc(Oc2cccnc2)c2ccccc12. The van der Waals surface area contributed by atoms with E-state index in [1.807, 2.05) is 36.4 Å². The van der Waals surface area contributed by atoms with Crippen molar-refractivity contribution in [2.45, 2.75) is 5.88 Å². The van der Waals surface area contributed by atoms with Crippen LogP contribution in [0.15, 0.2) is 55.0 Å². The average Bonchev–Trinajstić information content (AvgIpc) is 2.49. The Morgan fingerprint density at radius 2 is 1.84 bits per heavy atom. The van der Waals surface area contributed by atoms with Gasteiger partial charge in [0.1, 0.15) is 5.75 Å². The van der Waals surface area contributed by atoms with Gasteiger partial charge in [0.2, 0.25) is 5.88 Å². The van der Waals surface area contributed by atoms with E-state index in [0.717, 1.165) is 16.3 Å². The van der Waals surface area contributed by atoms with Gasteiger partial charge in [-0.05, 0) is 29.1 Å². The van der Waals surface area contributed by atoms with Gasteiger partial charge < -0.3 is 4.74 Å². The lowest BCUT2D eigenvalue weighted by Crippen LogP contribution is -1.92. The Morgan fingerprint density at radius 3 is 2.58 bits per heavy atom. The summed E-state index contributed by atoms with van der Waals surface area (Å²) in [5, 5.41) is 2.01. The van der Waals surface area contributed by atoms with Crippen LogP contribution in [0.4, 0.5) is 0 Å². The summed E-state index contributed by atoms with van der Waals surface area (Å²) in [6.07, 6.45) is 5.11. The summed E-state index contributed by atoms with van der Waals surface area (Å²) >= 11 is 5.93. The van der Waals surface area contributed by atoms with Crippen LogP contribution in [-0.4, -0.2) is 9.97 Å². The molecule has 4 heteroatoms. The Balaban J connectivity index is 2.10. The Bertz CT molecular complexity index is 701. The maximum absolute atomic E-state index is 5.93. The standard InChI is InChI=1S/C15H11ClN2O/c16-8-11-9-18-15(14-6-2-1-5-13(11)14)19-12-4-3-7-17-10-12/h1-7,9-10H,8H2. The Hall–Kier alpha value is -2.13. The van der Waals surface area contributed by atoms with Crippen molar-refractivity contribution in [2.24, 2.45) is 0 Å². The zero-order valence-electron chi connectivity index (χ0n) is 10.1. The minimum Gasteiger partial charge on any atom is -0.437 e. The fourth-order valence-corrected chi connectivity index (χ4v) is 2.15. The quantitative estimate of drug-likeness (QED) is 0.670. The van der Waals surface area contributed by atoms with Crippen LogP contribution in [-0.2, 0) is 5.88 Å². The van der Waals surface area contributed by atoms with E-state index in [-0.39, 0.29) is 0 Å². The summed E-state index contributed by atoms with van der Waals surface area (Å²) in [5.74, 6) is 1.66. The third-order valence-electron chi connectivity index (χ3n) is 2.83. The van der Waals surface area contributed by atoms with Crippen molar-refractivity contribution in [1.29, 1.82) is 0 Å². The van der Waals surface area contributed by atoms with Gasteiger partial charge in [0.05, 0.1) is 6.20 Å². The molecule has 0 saturated carbocycles. The van der Waals surface area contributed by atoms with Crippen LogP contribution < -0.4 is 4.74 Å². The number of alkyl halides is 1. The molecule has 0 unspecified atom stereocenters. The minimum absolute atomic E-state index is 0.431. The predicted octanol–water partition coefficient (Wildman–Crippen LogP) is 4.16. The van der Waals surface area contributed by atoms with Crippen LogP contribution in [0.1, 0.15) is 5.56 Å². The minimum atomic E-state index is 0.431. The van der Waals surface area contributed by atoms with E-state index in [0.29, 0.717) is 17.5 Å². The first-order chi connectivity index (χ1) is 9.38. The summed E-state index contributed by atoms with van der Waals surface area (Å²) < 4.78 is 5.77. The Labute approximate surface area is 115 Å². The van der Waals surface area contributed by atoms with E-state index in [1.54, 1.807) is 18.6 Å². The lowest BCUT2D eigenvalue weighted by molar-refractivity contribution is 0.467. The first-order valence-corrected chi connectivity index (χ1v) is 6.42. The van der Waals surface area contributed by atoms with Crippen LogP contribution in [0.2, 0.25) is 0 Å². The van der Waals surface area contributed by atoms with Crippen LogP contribution >= 0.6 is 11.6 Å². The predicted molar refractivity (Wildman–Crippen MR) is 75.6 cm³/mol. The summed E-state index contributed by atoms with van der Waals surface area (Å²) in [7, 11) is 0. The molecule has 0 bridgehead atoms. The highest BCUT2D eigenvalue weighted by atomic mass is 35.5. The molecular formula is C15H11ClN2O. The number of hydrogen-bond acceptors (Lipinski definition) is 3. The molecule has 0 spiro atoms. The lowest BCUT2D eigenvalue weighted by Gasteiger charge is -2.09. The molecule has 0 saturated heterocycles. The molecule has 0 atom stereocenters. The maximum atomic E-state index is 5.93. The number of ether oxygens (including phenoxy) is 1. The number of nitrogens with zero attached hydrogens (tertiary/aromatic N) is 2. The van der Waals surface area contributed by atoms with Gasteiger partial charge >= 0.3 is 0 Å². The molecule has 2 aromatic heterocycles. The molecule has 2 heterocycles. The van der Waals surface area contributed by atoms with Gasteiger partial charge in [0.25, 0.3) is 0 Å². The second-order valence-corrected chi connectivity index (χ2v) is 4.33. The number of fused-ring (bicyclic) bond motifs is 1. The average molecular weight is 271 g/mol. The number of benzene rings is 1. The fourth-order valence-electron chi connectivity index (χ4n) is 1.93. The summed E-state index contributed by atoms with van der Waals surface area (Å²) in [6.45, 7) is 0. The van der Waals surface area contributed by atoms with Gasteiger partial charge in [-0.15, -0.1) is 11.6 Å². The van der Waals surface area contributed by atoms with Gasteiger partial charge in [-0.1, -0.05) is 18.2 Å². The third kappa shape index (κ3) is 2.37. The lowest BCUT2D eigenvalue weighted by atomic mass is 10.1. The molecule has 0 aliphatic rings. The van der Waals surface area contributed by atoms with Crippen molar-refractivity contribution in [3.63, 3.8) is 0 Å². The second-order valence-electron chi connectivity index (χ2n) is 4.06. The fraction of sp³-hybridized carbons (Fsp3) is 0.0667. The molecule has 1 aromatic carbocycles. The number of hydrogen-bond donors (Lipinski definition) is 0. The smallest absolute Gasteiger partial charge is 0.227 e. The summed E-state index contributed by atoms with van der Waals surface area (Å²) in [5.41, 5.74) is 0.996. The molecule has 0 fully saturated rings. The molecule has 3 nitrogen and oxygen atoms in total. The van der Waals surface area contributed by atoms with Crippen LogP contribution in [0, 0.1) is 0 Å². The Kier molecular flexibility index (Phi) is 3.29. The van der Waals surface area contributed by atoms with Gasteiger partial charge in [-0.2, -0.15) is 0 Å². The Morgan fingerprint density at radius 1 is 1.00 bits per heavy atom. The molecule has 3 aromatic rings. The second kappa shape index (κ2) is 5.24. The number of rotatable bonds is 3. The van der Waals surface area contributed by atoms with E-state index in [4.69, 9.17) is 16.3 Å². The number of halogens is 1. The highest BCUT2D eigenvalue weighted by Gasteiger charge is 2.08. The normalized spacial score (nSPS) is 10.6. The number of pyridine rings is 2. The zero-order chi connectivity index (χ0) is 13.1. The van der Waals surface area contributed by atoms with Gasteiger partial charge in [-0.25, -0.2) is 4.98 Å². The molecule has 0 N–H and O–H groups in total. The van der Waals surface area contributed by atoms with Crippen molar-refractivity contribution < 1.29 is 4.74 Å². The number of aromatic nitrogens is 2. The zero-order valence-corrected chi connectivity index (χ0v) is 10.8. The van der Waals surface area contributed by atoms with Crippen molar-refractivity contribution >= 4 is 22.4 Å². The maximum Gasteiger partial charge on any atom is 0.227 e. The van der Waals surface area contributed by atoms with Crippen molar-refractivity contribution in [2.75, 3.05) is 0 Å². The van der Waals surface area contributed by atoms with E-state index in [2.05, 4.69) is 9.97 Å². The summed E-state index contributed by atoms with van der Waals surface area (Å²) in [6, 6.07) is 11.6.